The van der Waals surface area contributed by atoms with E-state index in [9.17, 15) is 29.6 Å². The van der Waals surface area contributed by atoms with E-state index in [0.29, 0.717) is 36.0 Å². The first-order chi connectivity index (χ1) is 24.2. The van der Waals surface area contributed by atoms with Crippen LogP contribution in [-0.4, -0.2) is 62.3 Å². The molecule has 2 fully saturated rings. The van der Waals surface area contributed by atoms with Crippen LogP contribution in [0.15, 0.2) is 30.9 Å². The lowest BCUT2D eigenvalue weighted by Gasteiger charge is -2.60. The average Bonchev–Trinajstić information content (AvgIpc) is 3.12. The van der Waals surface area contributed by atoms with Gasteiger partial charge in [0.15, 0.2) is 0 Å². The van der Waals surface area contributed by atoms with E-state index in [1.165, 1.54) is 6.08 Å². The van der Waals surface area contributed by atoms with Crippen LogP contribution in [0, 0.1) is 23.0 Å². The molecular weight excluding hydrogens is 648 g/mol. The third-order valence-electron chi connectivity index (χ3n) is 12.2. The Balaban J connectivity index is 2.16. The number of rotatable bonds is 18. The lowest BCUT2D eigenvalue weighted by molar-refractivity contribution is -0.616. The van der Waals surface area contributed by atoms with Gasteiger partial charge < -0.3 is 19.5 Å². The van der Waals surface area contributed by atoms with Gasteiger partial charge in [0.2, 0.25) is 5.91 Å². The summed E-state index contributed by atoms with van der Waals surface area (Å²) in [6, 6.07) is 3.28. The number of likely N-dealkylation sites (tertiary alicyclic amines) is 1. The zero-order chi connectivity index (χ0) is 38.0. The van der Waals surface area contributed by atoms with E-state index in [1.807, 2.05) is 39.5 Å². The summed E-state index contributed by atoms with van der Waals surface area (Å²) in [5.41, 5.74) is -2.87. The predicted octanol–water partition coefficient (Wildman–Crippen LogP) is 8.87. The summed E-state index contributed by atoms with van der Waals surface area (Å²) in [6.45, 7) is 17.2. The minimum Gasteiger partial charge on any atom is -0.507 e. The van der Waals surface area contributed by atoms with Crippen molar-refractivity contribution < 1.29 is 33.9 Å². The molecule has 1 aromatic rings. The van der Waals surface area contributed by atoms with Crippen molar-refractivity contribution in [3.8, 4) is 5.75 Å². The molecule has 0 bridgehead atoms. The first-order valence-electron chi connectivity index (χ1n) is 19.2. The second kappa shape index (κ2) is 18.3. The number of unbranched alkanes of at least 4 members (excludes halogenated alkanes) is 5. The Hall–Kier alpha value is -3.49. The number of hydrogen-bond acceptors (Lipinski definition) is 8. The quantitative estimate of drug-likeness (QED) is 0.0304. The van der Waals surface area contributed by atoms with Crippen molar-refractivity contribution in [3.05, 3.63) is 57.7 Å². The number of ether oxygens (including phenoxy) is 2. The van der Waals surface area contributed by atoms with Crippen LogP contribution in [0.5, 0.6) is 5.75 Å². The molecule has 51 heavy (non-hydrogen) atoms. The van der Waals surface area contributed by atoms with Crippen LogP contribution < -0.4 is 0 Å². The van der Waals surface area contributed by atoms with E-state index in [1.54, 1.807) is 25.0 Å². The van der Waals surface area contributed by atoms with Crippen LogP contribution >= 0.6 is 0 Å². The Morgan fingerprint density at radius 2 is 1.76 bits per heavy atom. The normalized spacial score (nSPS) is 25.7. The highest BCUT2D eigenvalue weighted by Crippen LogP contribution is 2.48. The van der Waals surface area contributed by atoms with Crippen LogP contribution in [0.4, 0.5) is 0 Å². The van der Waals surface area contributed by atoms with Crippen molar-refractivity contribution in [3.63, 3.8) is 0 Å². The monoisotopic (exact) mass is 710 g/mol. The number of aryl methyl sites for hydroxylation is 1. The summed E-state index contributed by atoms with van der Waals surface area (Å²) in [6.07, 6.45) is 13.0. The number of hydrogen-bond donors (Lipinski definition) is 1. The highest BCUT2D eigenvalue weighted by atomic mass is 16.7. The number of phenols is 1. The van der Waals surface area contributed by atoms with Crippen LogP contribution in [0.1, 0.15) is 160 Å². The molecule has 0 spiro atoms. The van der Waals surface area contributed by atoms with Gasteiger partial charge in [0.1, 0.15) is 23.7 Å². The van der Waals surface area contributed by atoms with Gasteiger partial charge in [-0.15, -0.1) is 0 Å². The molecule has 1 aliphatic heterocycles. The number of nitrogens with zero attached hydrogens (tertiary/aromatic N) is 2. The molecule has 0 aromatic heterocycles. The fourth-order valence-corrected chi connectivity index (χ4v) is 8.55. The third-order valence-corrected chi connectivity index (χ3v) is 12.2. The largest absolute Gasteiger partial charge is 0.507 e. The molecule has 10 heteroatoms. The molecule has 1 aliphatic carbocycles. The number of esters is 1. The first-order valence-corrected chi connectivity index (χ1v) is 19.2. The van der Waals surface area contributed by atoms with Crippen LogP contribution in [0.25, 0.3) is 0 Å². The summed E-state index contributed by atoms with van der Waals surface area (Å²) < 4.78 is 12.4. The van der Waals surface area contributed by atoms with Crippen molar-refractivity contribution in [2.24, 2.45) is 5.92 Å². The van der Waals surface area contributed by atoms with E-state index in [0.717, 1.165) is 70.3 Å². The van der Waals surface area contributed by atoms with Gasteiger partial charge in [-0.3, -0.25) is 14.9 Å². The van der Waals surface area contributed by atoms with Gasteiger partial charge in [-0.2, -0.15) is 0 Å². The van der Waals surface area contributed by atoms with Crippen molar-refractivity contribution >= 4 is 17.8 Å². The lowest BCUT2D eigenvalue weighted by Crippen LogP contribution is -2.70. The molecule has 6 unspecified atom stereocenters. The number of phenolic OH excluding ortho intramolecular Hbond substituents is 1. The van der Waals surface area contributed by atoms with E-state index < -0.39 is 45.6 Å². The van der Waals surface area contributed by atoms with Gasteiger partial charge in [-0.25, -0.2) is 9.59 Å². The molecule has 3 rings (SSSR count). The maximum Gasteiger partial charge on any atom is 0.433 e. The fraction of sp³-hybridized carbons (Fsp3) is 0.707. The lowest BCUT2D eigenvalue weighted by atomic mass is 9.67. The first kappa shape index (κ1) is 41.9. The minimum absolute atomic E-state index is 0.0435. The van der Waals surface area contributed by atoms with Crippen molar-refractivity contribution in [1.82, 2.24) is 4.90 Å². The van der Waals surface area contributed by atoms with Crippen molar-refractivity contribution in [1.29, 1.82) is 0 Å². The molecule has 1 saturated carbocycles. The third kappa shape index (κ3) is 8.77. The number of nitro groups is 1. The summed E-state index contributed by atoms with van der Waals surface area (Å²) in [5.74, 6) is -1.43. The second-order valence-corrected chi connectivity index (χ2v) is 15.3. The summed E-state index contributed by atoms with van der Waals surface area (Å²) in [7, 11) is 0. The highest BCUT2D eigenvalue weighted by Gasteiger charge is 2.63. The smallest absolute Gasteiger partial charge is 0.433 e. The van der Waals surface area contributed by atoms with Crippen LogP contribution in [0.3, 0.4) is 0 Å². The topological polar surface area (TPSA) is 136 Å². The zero-order valence-electron chi connectivity index (χ0n) is 32.1. The molecule has 10 nitrogen and oxygen atoms in total. The molecular formula is C41H62N2O8. The Morgan fingerprint density at radius 1 is 1.12 bits per heavy atom. The van der Waals surface area contributed by atoms with Gasteiger partial charge in [-0.05, 0) is 81.6 Å². The van der Waals surface area contributed by atoms with E-state index in [2.05, 4.69) is 13.5 Å². The standard InChI is InChI=1S/C41H62N2O8/c1-9-13-14-15-16-20-25-50-41(43(48)49,34(23-24-44)32-26-29(5)37(46)33(27-32)31-21-18-17-19-22-31)38(47)51-35-28-39(7,11-3)42(36(45)10-2)40(8,12-4)30(35)6/h10,23,26-27,30-31,34-35,46H,2,9,11-22,25,28H2,1,3-8H3. The van der Waals surface area contributed by atoms with Gasteiger partial charge in [0.05, 0.1) is 11.5 Å². The van der Waals surface area contributed by atoms with Gasteiger partial charge >= 0.3 is 11.7 Å². The maximum absolute atomic E-state index is 14.7. The number of benzene rings is 1. The number of piperidine rings is 1. The molecule has 0 radical (unpaired) electrons. The number of carbonyl (C=O) groups excluding carboxylic acids is 3. The number of aromatic hydroxyl groups is 1. The van der Waals surface area contributed by atoms with Crippen molar-refractivity contribution in [2.75, 3.05) is 6.61 Å². The average molecular weight is 711 g/mol. The molecule has 1 amide bonds. The number of carbonyl (C=O) groups is 2. The highest BCUT2D eigenvalue weighted by molar-refractivity contribution is 5.88. The van der Waals surface area contributed by atoms with Gasteiger partial charge in [0, 0.05) is 29.5 Å². The maximum atomic E-state index is 14.7. The van der Waals surface area contributed by atoms with E-state index in [4.69, 9.17) is 9.47 Å². The predicted molar refractivity (Wildman–Crippen MR) is 199 cm³/mol. The Labute approximate surface area is 305 Å². The molecule has 284 valence electrons. The molecule has 1 saturated heterocycles. The second-order valence-electron chi connectivity index (χ2n) is 15.3. The van der Waals surface area contributed by atoms with Gasteiger partial charge in [0.25, 0.3) is 0 Å². The summed E-state index contributed by atoms with van der Waals surface area (Å²) in [5, 5.41) is 24.6. The minimum atomic E-state index is -2.81. The van der Waals surface area contributed by atoms with E-state index >= 15 is 0 Å². The Bertz CT molecular complexity index is 1430. The molecule has 1 N–H and O–H groups in total. The fourth-order valence-electron chi connectivity index (χ4n) is 8.55. The van der Waals surface area contributed by atoms with Crippen molar-refractivity contribution in [2.45, 2.75) is 173 Å². The van der Waals surface area contributed by atoms with Gasteiger partial charge in [-0.1, -0.05) is 97.8 Å². The molecule has 1 heterocycles. The number of amides is 1. The van der Waals surface area contributed by atoms with E-state index in [-0.39, 0.29) is 30.6 Å². The Kier molecular flexibility index (Phi) is 15.1. The zero-order valence-corrected chi connectivity index (χ0v) is 32.1. The molecule has 1 aromatic carbocycles. The summed E-state index contributed by atoms with van der Waals surface area (Å²) >= 11 is 0. The van der Waals surface area contributed by atoms with Crippen LogP contribution in [-0.2, 0) is 23.9 Å². The Morgan fingerprint density at radius 3 is 2.33 bits per heavy atom. The molecule has 6 atom stereocenters. The SMILES string of the molecule is C=CC(=O)N1C(C)(CC)CC(OC(=O)C(OCCCCCCCC)(C(C=C=O)c2cc(C)c(O)c(C3CCCCC3)c2)[N+](=O)[O-])C(C)C1(C)CC. The summed E-state index contributed by atoms with van der Waals surface area (Å²) in [4.78, 5) is 54.8. The molecule has 2 aliphatic rings. The van der Waals surface area contributed by atoms with Crippen LogP contribution in [0.2, 0.25) is 0 Å².